The van der Waals surface area contributed by atoms with Crippen molar-refractivity contribution in [2.24, 2.45) is 11.8 Å². The van der Waals surface area contributed by atoms with E-state index in [4.69, 9.17) is 0 Å². The average molecular weight is 319 g/mol. The lowest BCUT2D eigenvalue weighted by Crippen LogP contribution is -2.38. The molecule has 4 rings (SSSR count). The molecule has 2 aliphatic carbocycles. The lowest BCUT2D eigenvalue weighted by atomic mass is 9.94. The number of carbonyl (C=O) groups is 1. The molecule has 0 radical (unpaired) electrons. The fourth-order valence-electron chi connectivity index (χ4n) is 4.55. The molecule has 0 saturated heterocycles. The predicted molar refractivity (Wildman–Crippen MR) is 97.0 cm³/mol. The van der Waals surface area contributed by atoms with E-state index in [0.29, 0.717) is 6.04 Å². The molecule has 0 aromatic heterocycles. The summed E-state index contributed by atoms with van der Waals surface area (Å²) in [6.45, 7) is 0. The van der Waals surface area contributed by atoms with E-state index in [0.717, 1.165) is 35.8 Å². The predicted octanol–water partition coefficient (Wildman–Crippen LogP) is 4.39. The zero-order chi connectivity index (χ0) is 16.4. The summed E-state index contributed by atoms with van der Waals surface area (Å²) < 4.78 is 0. The summed E-state index contributed by atoms with van der Waals surface area (Å²) in [4.78, 5) is 12.8. The molecule has 2 saturated carbocycles. The minimum Gasteiger partial charge on any atom is -0.349 e. The molecule has 2 fully saturated rings. The van der Waals surface area contributed by atoms with Crippen LogP contribution in [0.4, 0.5) is 0 Å². The Kier molecular flexibility index (Phi) is 4.38. The van der Waals surface area contributed by atoms with Gasteiger partial charge in [0.1, 0.15) is 0 Å². The Balaban J connectivity index is 1.44. The Morgan fingerprint density at radius 1 is 0.917 bits per heavy atom. The molecule has 2 aromatic carbocycles. The minimum atomic E-state index is 0.121. The van der Waals surface area contributed by atoms with E-state index in [1.807, 2.05) is 24.3 Å². The van der Waals surface area contributed by atoms with Crippen molar-refractivity contribution in [3.8, 4) is 0 Å². The van der Waals surface area contributed by atoms with Crippen molar-refractivity contribution in [1.82, 2.24) is 5.32 Å². The highest BCUT2D eigenvalue weighted by Crippen LogP contribution is 2.44. The molecule has 24 heavy (non-hydrogen) atoms. The molecular weight excluding hydrogens is 294 g/mol. The molecule has 1 N–H and O–H groups in total. The van der Waals surface area contributed by atoms with E-state index in [-0.39, 0.29) is 5.91 Å². The molecule has 2 nitrogen and oxygen atoms in total. The Morgan fingerprint density at radius 2 is 1.71 bits per heavy atom. The van der Waals surface area contributed by atoms with Crippen LogP contribution in [-0.4, -0.2) is 11.9 Å². The van der Waals surface area contributed by atoms with Crippen molar-refractivity contribution in [2.75, 3.05) is 0 Å². The first-order chi connectivity index (χ1) is 11.8. The van der Waals surface area contributed by atoms with Crippen LogP contribution in [0.5, 0.6) is 0 Å². The van der Waals surface area contributed by atoms with E-state index in [2.05, 4.69) is 35.6 Å². The van der Waals surface area contributed by atoms with E-state index >= 15 is 0 Å². The van der Waals surface area contributed by atoms with Gasteiger partial charge in [0.15, 0.2) is 0 Å². The molecule has 2 heteroatoms. The van der Waals surface area contributed by atoms with Crippen LogP contribution in [0.15, 0.2) is 54.6 Å². The van der Waals surface area contributed by atoms with E-state index in [1.54, 1.807) is 0 Å². The van der Waals surface area contributed by atoms with Crippen molar-refractivity contribution in [3.63, 3.8) is 0 Å². The maximum Gasteiger partial charge on any atom is 0.251 e. The summed E-state index contributed by atoms with van der Waals surface area (Å²) >= 11 is 0. The highest BCUT2D eigenvalue weighted by molar-refractivity contribution is 5.95. The normalized spacial score (nSPS) is 24.9. The second-order valence-corrected chi connectivity index (χ2v) is 7.40. The van der Waals surface area contributed by atoms with Crippen molar-refractivity contribution in [2.45, 2.75) is 44.6 Å². The lowest BCUT2D eigenvalue weighted by Gasteiger charge is -2.23. The standard InChI is InChI=1S/C22H25NO/c24-22(23-21-15-17-11-13-19(21)14-17)20-9-5-4-8-18(20)12-10-16-6-2-1-3-7-16/h1-9,17,19,21H,10-15H2,(H,23,24)/t17-,19+,21+/m0/s1. The second-order valence-electron chi connectivity index (χ2n) is 7.40. The molecule has 0 spiro atoms. The fourth-order valence-corrected chi connectivity index (χ4v) is 4.55. The number of amides is 1. The van der Waals surface area contributed by atoms with Gasteiger partial charge in [-0.1, -0.05) is 55.0 Å². The topological polar surface area (TPSA) is 29.1 Å². The largest absolute Gasteiger partial charge is 0.349 e. The number of hydrogen-bond donors (Lipinski definition) is 1. The first kappa shape index (κ1) is 15.4. The summed E-state index contributed by atoms with van der Waals surface area (Å²) in [7, 11) is 0. The van der Waals surface area contributed by atoms with Crippen molar-refractivity contribution < 1.29 is 4.79 Å². The smallest absolute Gasteiger partial charge is 0.251 e. The Bertz CT molecular complexity index is 709. The summed E-state index contributed by atoms with van der Waals surface area (Å²) in [5.74, 6) is 1.69. The molecule has 0 unspecified atom stereocenters. The van der Waals surface area contributed by atoms with Gasteiger partial charge in [0.25, 0.3) is 5.91 Å². The SMILES string of the molecule is O=C(N[C@@H]1C[C@H]2CC[C@@H]1C2)c1ccccc1CCc1ccccc1. The summed E-state index contributed by atoms with van der Waals surface area (Å²) in [5.41, 5.74) is 3.33. The van der Waals surface area contributed by atoms with E-state index in [1.165, 1.54) is 31.2 Å². The van der Waals surface area contributed by atoms with Gasteiger partial charge in [-0.15, -0.1) is 0 Å². The van der Waals surface area contributed by atoms with Crippen LogP contribution in [0, 0.1) is 11.8 Å². The average Bonchev–Trinajstić information content (AvgIpc) is 3.24. The summed E-state index contributed by atoms with van der Waals surface area (Å²) in [5, 5.41) is 3.33. The van der Waals surface area contributed by atoms with Crippen LogP contribution < -0.4 is 5.32 Å². The van der Waals surface area contributed by atoms with Gasteiger partial charge in [0.2, 0.25) is 0 Å². The molecule has 2 aromatic rings. The summed E-state index contributed by atoms with van der Waals surface area (Å²) in [6.07, 6.45) is 7.04. The van der Waals surface area contributed by atoms with Gasteiger partial charge in [-0.2, -0.15) is 0 Å². The van der Waals surface area contributed by atoms with Crippen LogP contribution >= 0.6 is 0 Å². The third-order valence-corrected chi connectivity index (χ3v) is 5.84. The number of hydrogen-bond acceptors (Lipinski definition) is 1. The molecule has 0 aliphatic heterocycles. The third kappa shape index (κ3) is 3.24. The monoisotopic (exact) mass is 319 g/mol. The van der Waals surface area contributed by atoms with E-state index < -0.39 is 0 Å². The van der Waals surface area contributed by atoms with Gasteiger partial charge in [-0.3, -0.25) is 4.79 Å². The number of benzene rings is 2. The lowest BCUT2D eigenvalue weighted by molar-refractivity contribution is 0.0922. The van der Waals surface area contributed by atoms with Gasteiger partial charge in [0.05, 0.1) is 0 Å². The van der Waals surface area contributed by atoms with Gasteiger partial charge in [-0.25, -0.2) is 0 Å². The molecule has 1 amide bonds. The van der Waals surface area contributed by atoms with Gasteiger partial charge in [-0.05, 0) is 61.1 Å². The number of rotatable bonds is 5. The number of nitrogens with one attached hydrogen (secondary N) is 1. The quantitative estimate of drug-likeness (QED) is 0.870. The highest BCUT2D eigenvalue weighted by Gasteiger charge is 2.40. The summed E-state index contributed by atoms with van der Waals surface area (Å²) in [6, 6.07) is 19.0. The third-order valence-electron chi connectivity index (χ3n) is 5.84. The van der Waals surface area contributed by atoms with Crippen LogP contribution in [0.1, 0.15) is 47.2 Å². The Morgan fingerprint density at radius 3 is 2.46 bits per heavy atom. The van der Waals surface area contributed by atoms with Crippen molar-refractivity contribution in [3.05, 3.63) is 71.3 Å². The van der Waals surface area contributed by atoms with Crippen molar-refractivity contribution >= 4 is 5.91 Å². The van der Waals surface area contributed by atoms with Crippen molar-refractivity contribution in [1.29, 1.82) is 0 Å². The maximum absolute atomic E-state index is 12.8. The van der Waals surface area contributed by atoms with Gasteiger partial charge < -0.3 is 5.32 Å². The van der Waals surface area contributed by atoms with Crippen LogP contribution in [0.2, 0.25) is 0 Å². The zero-order valence-corrected chi connectivity index (χ0v) is 14.1. The first-order valence-corrected chi connectivity index (χ1v) is 9.22. The molecule has 2 bridgehead atoms. The molecule has 2 aliphatic rings. The number of carbonyl (C=O) groups excluding carboxylic acids is 1. The number of aryl methyl sites for hydroxylation is 2. The minimum absolute atomic E-state index is 0.121. The van der Waals surface area contributed by atoms with Crippen LogP contribution in [0.3, 0.4) is 0 Å². The highest BCUT2D eigenvalue weighted by atomic mass is 16.1. The van der Waals surface area contributed by atoms with Gasteiger partial charge >= 0.3 is 0 Å². The fraction of sp³-hybridized carbons (Fsp3) is 0.409. The zero-order valence-electron chi connectivity index (χ0n) is 14.1. The number of fused-ring (bicyclic) bond motifs is 2. The molecule has 3 atom stereocenters. The maximum atomic E-state index is 12.8. The Hall–Kier alpha value is -2.09. The van der Waals surface area contributed by atoms with Crippen LogP contribution in [-0.2, 0) is 12.8 Å². The van der Waals surface area contributed by atoms with E-state index in [9.17, 15) is 4.79 Å². The molecule has 0 heterocycles. The first-order valence-electron chi connectivity index (χ1n) is 9.22. The van der Waals surface area contributed by atoms with Crippen LogP contribution in [0.25, 0.3) is 0 Å². The Labute approximate surface area is 144 Å². The second kappa shape index (κ2) is 6.80. The molecule has 124 valence electrons. The molecular formula is C22H25NO. The van der Waals surface area contributed by atoms with Gasteiger partial charge in [0, 0.05) is 11.6 Å².